The molecule has 2 heteroatoms. The van der Waals surface area contributed by atoms with Gasteiger partial charge in [0.15, 0.2) is 6.29 Å². The molecule has 1 aliphatic heterocycles. The van der Waals surface area contributed by atoms with E-state index in [1.54, 1.807) is 0 Å². The molecule has 1 rings (SSSR count). The van der Waals surface area contributed by atoms with Gasteiger partial charge in [-0.1, -0.05) is 19.3 Å². The molecule has 1 atom stereocenters. The van der Waals surface area contributed by atoms with E-state index >= 15 is 0 Å². The molecule has 0 N–H and O–H groups in total. The van der Waals surface area contributed by atoms with Crippen molar-refractivity contribution in [2.24, 2.45) is 0 Å². The van der Waals surface area contributed by atoms with Crippen LogP contribution in [-0.2, 0) is 9.47 Å². The molecule has 0 spiro atoms. The third kappa shape index (κ3) is 9.60. The lowest BCUT2D eigenvalue weighted by Crippen LogP contribution is -2.22. The maximum Gasteiger partial charge on any atom is 0.158 e. The molecule has 2 nitrogen and oxygen atoms in total. The molecule has 0 amide bonds. The summed E-state index contributed by atoms with van der Waals surface area (Å²) < 4.78 is 11.0. The van der Waals surface area contributed by atoms with E-state index in [-0.39, 0.29) is 6.29 Å². The van der Waals surface area contributed by atoms with Crippen molar-refractivity contribution in [1.29, 1.82) is 0 Å². The summed E-state index contributed by atoms with van der Waals surface area (Å²) in [5, 5.41) is 0. The Morgan fingerprint density at radius 2 is 1.74 bits per heavy atom. The van der Waals surface area contributed by atoms with Gasteiger partial charge in [-0.25, -0.2) is 0 Å². The fraction of sp³-hybridized carbons (Fsp3) is 0.765. The Hall–Kier alpha value is -0.960. The van der Waals surface area contributed by atoms with E-state index in [1.807, 2.05) is 0 Å². The minimum atomic E-state index is -0.0208. The Bertz CT molecular complexity index is 321. The molecule has 1 fully saturated rings. The quantitative estimate of drug-likeness (QED) is 0.534. The maximum atomic E-state index is 5.53. The number of hydrogen-bond donors (Lipinski definition) is 0. The second-order valence-electron chi connectivity index (χ2n) is 4.77. The molecule has 0 aromatic carbocycles. The Labute approximate surface area is 118 Å². The maximum absolute atomic E-state index is 5.53. The molecule has 19 heavy (non-hydrogen) atoms. The summed E-state index contributed by atoms with van der Waals surface area (Å²) in [6.45, 7) is 3.51. The van der Waals surface area contributed by atoms with Crippen molar-refractivity contribution in [3.8, 4) is 23.7 Å². The van der Waals surface area contributed by atoms with Gasteiger partial charge in [-0.15, -0.1) is 17.8 Å². The summed E-state index contributed by atoms with van der Waals surface area (Å²) in [4.78, 5) is 0. The highest BCUT2D eigenvalue weighted by Gasteiger charge is 2.12. The summed E-state index contributed by atoms with van der Waals surface area (Å²) >= 11 is 0. The summed E-state index contributed by atoms with van der Waals surface area (Å²) in [6, 6.07) is 0. The van der Waals surface area contributed by atoms with Gasteiger partial charge in [-0.05, 0) is 32.1 Å². The first-order valence-corrected chi connectivity index (χ1v) is 7.58. The van der Waals surface area contributed by atoms with Crippen molar-refractivity contribution in [3.63, 3.8) is 0 Å². The topological polar surface area (TPSA) is 18.5 Å². The minimum absolute atomic E-state index is 0.0208. The molecule has 0 radical (unpaired) electrons. The van der Waals surface area contributed by atoms with E-state index in [1.165, 1.54) is 19.3 Å². The zero-order chi connectivity index (χ0) is 13.6. The van der Waals surface area contributed by atoms with Gasteiger partial charge >= 0.3 is 0 Å². The highest BCUT2D eigenvalue weighted by atomic mass is 16.7. The zero-order valence-corrected chi connectivity index (χ0v) is 12.2. The van der Waals surface area contributed by atoms with E-state index in [9.17, 15) is 0 Å². The zero-order valence-electron chi connectivity index (χ0n) is 12.2. The van der Waals surface area contributed by atoms with Gasteiger partial charge < -0.3 is 9.47 Å². The van der Waals surface area contributed by atoms with Gasteiger partial charge in [0.05, 0.1) is 0 Å². The molecule has 0 aliphatic carbocycles. The van der Waals surface area contributed by atoms with Crippen LogP contribution in [0.2, 0.25) is 0 Å². The van der Waals surface area contributed by atoms with Crippen LogP contribution in [0.1, 0.15) is 64.7 Å². The molecule has 0 aromatic rings. The predicted octanol–water partition coefficient (Wildman–Crippen LogP) is 3.90. The molecular weight excluding hydrogens is 236 g/mol. The Balaban J connectivity index is 1.91. The molecule has 1 aliphatic rings. The van der Waals surface area contributed by atoms with Crippen LogP contribution in [0, 0.1) is 23.7 Å². The highest BCUT2D eigenvalue weighted by molar-refractivity contribution is 5.02. The van der Waals surface area contributed by atoms with Crippen LogP contribution >= 0.6 is 0 Å². The van der Waals surface area contributed by atoms with Crippen LogP contribution in [0.15, 0.2) is 0 Å². The van der Waals surface area contributed by atoms with Gasteiger partial charge in [0.25, 0.3) is 0 Å². The van der Waals surface area contributed by atoms with Crippen LogP contribution in [0.5, 0.6) is 0 Å². The number of hydrogen-bond acceptors (Lipinski definition) is 2. The van der Waals surface area contributed by atoms with Crippen LogP contribution < -0.4 is 0 Å². The first kappa shape index (κ1) is 16.1. The number of rotatable bonds is 6. The van der Waals surface area contributed by atoms with Gasteiger partial charge in [0.2, 0.25) is 0 Å². The monoisotopic (exact) mass is 262 g/mol. The van der Waals surface area contributed by atoms with E-state index in [0.29, 0.717) is 6.61 Å². The lowest BCUT2D eigenvalue weighted by molar-refractivity contribution is -0.154. The molecule has 1 heterocycles. The Kier molecular flexibility index (Phi) is 10.2. The second-order valence-corrected chi connectivity index (χ2v) is 4.77. The third-order valence-corrected chi connectivity index (χ3v) is 2.99. The van der Waals surface area contributed by atoms with Crippen molar-refractivity contribution in [2.45, 2.75) is 71.0 Å². The first-order valence-electron chi connectivity index (χ1n) is 7.58. The van der Waals surface area contributed by atoms with Crippen molar-refractivity contribution in [3.05, 3.63) is 0 Å². The van der Waals surface area contributed by atoms with Gasteiger partial charge in [-0.3, -0.25) is 0 Å². The first-order chi connectivity index (χ1) is 9.43. The summed E-state index contributed by atoms with van der Waals surface area (Å²) in [5.74, 6) is 12.6. The largest absolute Gasteiger partial charge is 0.353 e. The van der Waals surface area contributed by atoms with Gasteiger partial charge in [0, 0.05) is 25.9 Å². The third-order valence-electron chi connectivity index (χ3n) is 2.99. The molecule has 1 saturated heterocycles. The molecule has 1 unspecified atom stereocenters. The average Bonchev–Trinajstić information content (AvgIpc) is 2.46. The lowest BCUT2D eigenvalue weighted by Gasteiger charge is -2.21. The number of unbranched alkanes of at least 4 members (excludes halogenated alkanes) is 4. The van der Waals surface area contributed by atoms with Crippen LogP contribution in [0.25, 0.3) is 0 Å². The fourth-order valence-electron chi connectivity index (χ4n) is 1.82. The molecule has 106 valence electrons. The smallest absolute Gasteiger partial charge is 0.158 e. The normalized spacial score (nSPS) is 18.1. The van der Waals surface area contributed by atoms with Crippen LogP contribution in [0.4, 0.5) is 0 Å². The molecule has 0 saturated carbocycles. The summed E-state index contributed by atoms with van der Waals surface area (Å²) in [7, 11) is 0. The standard InChI is InChI=1S/C17H26O2/c1-2-3-4-5-6-7-8-9-10-12-15-18-17-14-11-13-16-19-17/h17H,2-4,7-9,11,13-16H2,1H3. The summed E-state index contributed by atoms with van der Waals surface area (Å²) in [5.41, 5.74) is 0. The van der Waals surface area contributed by atoms with E-state index in [2.05, 4.69) is 30.6 Å². The Morgan fingerprint density at radius 3 is 2.42 bits per heavy atom. The van der Waals surface area contributed by atoms with Crippen molar-refractivity contribution in [2.75, 3.05) is 13.2 Å². The average molecular weight is 262 g/mol. The van der Waals surface area contributed by atoms with E-state index < -0.39 is 0 Å². The van der Waals surface area contributed by atoms with E-state index in [4.69, 9.17) is 9.47 Å². The van der Waals surface area contributed by atoms with Crippen molar-refractivity contribution in [1.82, 2.24) is 0 Å². The highest BCUT2D eigenvalue weighted by Crippen LogP contribution is 2.12. The fourth-order valence-corrected chi connectivity index (χ4v) is 1.82. The van der Waals surface area contributed by atoms with Gasteiger partial charge in [0.1, 0.15) is 6.61 Å². The molecule has 0 aromatic heterocycles. The van der Waals surface area contributed by atoms with E-state index in [0.717, 1.165) is 45.1 Å². The Morgan fingerprint density at radius 1 is 1.00 bits per heavy atom. The van der Waals surface area contributed by atoms with Crippen molar-refractivity contribution >= 4 is 0 Å². The minimum Gasteiger partial charge on any atom is -0.353 e. The molecule has 0 bridgehead atoms. The number of ether oxygens (including phenoxy) is 2. The lowest BCUT2D eigenvalue weighted by atomic mass is 10.2. The van der Waals surface area contributed by atoms with Crippen LogP contribution in [-0.4, -0.2) is 19.5 Å². The van der Waals surface area contributed by atoms with Crippen molar-refractivity contribution < 1.29 is 9.47 Å². The predicted molar refractivity (Wildman–Crippen MR) is 78.5 cm³/mol. The summed E-state index contributed by atoms with van der Waals surface area (Å²) in [6.07, 6.45) is 9.77. The second kappa shape index (κ2) is 12.1. The van der Waals surface area contributed by atoms with Crippen LogP contribution in [0.3, 0.4) is 0 Å². The molecular formula is C17H26O2. The SMILES string of the molecule is CCCCC#CCCCC#CCOC1CCCCO1. The van der Waals surface area contributed by atoms with Gasteiger partial charge in [-0.2, -0.15) is 0 Å².